The SMILES string of the molecule is CN(C(=O)OC(C)(C)C)C1CCN(N)C1. The number of nitrogens with zero attached hydrogens (tertiary/aromatic N) is 2. The third kappa shape index (κ3) is 3.68. The molecule has 1 rings (SSSR count). The Balaban J connectivity index is 2.46. The van der Waals surface area contributed by atoms with Crippen LogP contribution in [-0.4, -0.2) is 47.8 Å². The van der Waals surface area contributed by atoms with Crippen LogP contribution in [0.15, 0.2) is 0 Å². The van der Waals surface area contributed by atoms with Crippen LogP contribution in [-0.2, 0) is 4.74 Å². The summed E-state index contributed by atoms with van der Waals surface area (Å²) in [5, 5.41) is 1.73. The fraction of sp³-hybridized carbons (Fsp3) is 0.900. The minimum absolute atomic E-state index is 0.171. The molecule has 0 aromatic carbocycles. The highest BCUT2D eigenvalue weighted by atomic mass is 16.6. The third-order valence-corrected chi connectivity index (χ3v) is 2.42. The van der Waals surface area contributed by atoms with Gasteiger partial charge in [-0.25, -0.2) is 9.80 Å². The number of hydrazine groups is 1. The van der Waals surface area contributed by atoms with Gasteiger partial charge in [-0.1, -0.05) is 0 Å². The molecule has 1 heterocycles. The molecule has 0 aromatic heterocycles. The lowest BCUT2D eigenvalue weighted by Gasteiger charge is -2.28. The Morgan fingerprint density at radius 1 is 1.53 bits per heavy atom. The summed E-state index contributed by atoms with van der Waals surface area (Å²) in [7, 11) is 1.76. The van der Waals surface area contributed by atoms with E-state index in [2.05, 4.69) is 0 Å². The van der Waals surface area contributed by atoms with Crippen molar-refractivity contribution in [3.8, 4) is 0 Å². The summed E-state index contributed by atoms with van der Waals surface area (Å²) < 4.78 is 5.27. The molecule has 0 aliphatic carbocycles. The van der Waals surface area contributed by atoms with E-state index < -0.39 is 5.60 Å². The molecule has 0 radical (unpaired) electrons. The molecule has 15 heavy (non-hydrogen) atoms. The smallest absolute Gasteiger partial charge is 0.410 e. The number of nitrogens with two attached hydrogens (primary N) is 1. The van der Waals surface area contributed by atoms with E-state index in [9.17, 15) is 4.79 Å². The molecule has 1 fully saturated rings. The molecule has 1 saturated heterocycles. The number of rotatable bonds is 1. The summed E-state index contributed by atoms with van der Waals surface area (Å²) in [6.45, 7) is 7.14. The van der Waals surface area contributed by atoms with Crippen molar-refractivity contribution in [3.63, 3.8) is 0 Å². The van der Waals surface area contributed by atoms with Gasteiger partial charge in [0.2, 0.25) is 0 Å². The highest BCUT2D eigenvalue weighted by Crippen LogP contribution is 2.15. The molecule has 1 aliphatic heterocycles. The van der Waals surface area contributed by atoms with Gasteiger partial charge in [0.15, 0.2) is 0 Å². The van der Waals surface area contributed by atoms with E-state index in [0.29, 0.717) is 0 Å². The molecule has 1 amide bonds. The number of ether oxygens (including phenoxy) is 1. The molecule has 5 heteroatoms. The second-order valence-electron chi connectivity index (χ2n) is 5.03. The summed E-state index contributed by atoms with van der Waals surface area (Å²) in [5.74, 6) is 5.64. The van der Waals surface area contributed by atoms with Crippen molar-refractivity contribution < 1.29 is 9.53 Å². The van der Waals surface area contributed by atoms with Gasteiger partial charge < -0.3 is 9.64 Å². The van der Waals surface area contributed by atoms with Crippen molar-refractivity contribution in [3.05, 3.63) is 0 Å². The lowest BCUT2D eigenvalue weighted by molar-refractivity contribution is 0.0229. The monoisotopic (exact) mass is 215 g/mol. The zero-order chi connectivity index (χ0) is 11.6. The third-order valence-electron chi connectivity index (χ3n) is 2.42. The normalized spacial score (nSPS) is 22.9. The lowest BCUT2D eigenvalue weighted by Crippen LogP contribution is -2.42. The molecule has 0 spiro atoms. The molecule has 1 atom stereocenters. The average Bonchev–Trinajstić information content (AvgIpc) is 2.47. The van der Waals surface area contributed by atoms with Gasteiger partial charge in [-0.05, 0) is 27.2 Å². The van der Waals surface area contributed by atoms with E-state index in [4.69, 9.17) is 10.6 Å². The number of likely N-dealkylation sites (N-methyl/N-ethyl adjacent to an activating group) is 1. The Labute approximate surface area is 91.1 Å². The lowest BCUT2D eigenvalue weighted by atomic mass is 10.2. The van der Waals surface area contributed by atoms with Crippen molar-refractivity contribution in [2.75, 3.05) is 20.1 Å². The first-order valence-electron chi connectivity index (χ1n) is 5.25. The molecule has 5 nitrogen and oxygen atoms in total. The molecule has 2 N–H and O–H groups in total. The molecular weight excluding hydrogens is 194 g/mol. The van der Waals surface area contributed by atoms with Gasteiger partial charge in [-0.15, -0.1) is 0 Å². The molecule has 1 unspecified atom stereocenters. The summed E-state index contributed by atoms with van der Waals surface area (Å²) in [6, 6.07) is 0.171. The number of hydrogen-bond donors (Lipinski definition) is 1. The number of hydrogen-bond acceptors (Lipinski definition) is 4. The van der Waals surface area contributed by atoms with Crippen molar-refractivity contribution >= 4 is 6.09 Å². The second-order valence-corrected chi connectivity index (χ2v) is 5.03. The number of carbonyl (C=O) groups excluding carboxylic acids is 1. The van der Waals surface area contributed by atoms with Crippen LogP contribution in [0.4, 0.5) is 4.79 Å². The van der Waals surface area contributed by atoms with Crippen LogP contribution in [0.25, 0.3) is 0 Å². The Bertz CT molecular complexity index is 237. The Hall–Kier alpha value is -0.810. The fourth-order valence-electron chi connectivity index (χ4n) is 1.57. The van der Waals surface area contributed by atoms with Crippen LogP contribution in [0.3, 0.4) is 0 Å². The number of amides is 1. The Kier molecular flexibility index (Phi) is 3.57. The highest BCUT2D eigenvalue weighted by Gasteiger charge is 2.29. The zero-order valence-corrected chi connectivity index (χ0v) is 9.99. The van der Waals surface area contributed by atoms with Gasteiger partial charge >= 0.3 is 6.09 Å². The maximum Gasteiger partial charge on any atom is 0.410 e. The maximum atomic E-state index is 11.7. The average molecular weight is 215 g/mol. The van der Waals surface area contributed by atoms with Crippen LogP contribution in [0, 0.1) is 0 Å². The molecular formula is C10H21N3O2. The van der Waals surface area contributed by atoms with E-state index >= 15 is 0 Å². The second kappa shape index (κ2) is 4.37. The summed E-state index contributed by atoms with van der Waals surface area (Å²) in [5.41, 5.74) is -0.438. The molecule has 0 aromatic rings. The van der Waals surface area contributed by atoms with Crippen molar-refractivity contribution in [2.45, 2.75) is 38.8 Å². The molecule has 0 bridgehead atoms. The van der Waals surface area contributed by atoms with Gasteiger partial charge in [0.25, 0.3) is 0 Å². The Morgan fingerprint density at radius 3 is 2.53 bits per heavy atom. The molecule has 1 aliphatic rings. The topological polar surface area (TPSA) is 58.8 Å². The van der Waals surface area contributed by atoms with Crippen molar-refractivity contribution in [1.29, 1.82) is 0 Å². The van der Waals surface area contributed by atoms with Gasteiger partial charge in [0.1, 0.15) is 5.60 Å². The van der Waals surface area contributed by atoms with Crippen LogP contribution >= 0.6 is 0 Å². The largest absolute Gasteiger partial charge is 0.444 e. The van der Waals surface area contributed by atoms with E-state index in [1.54, 1.807) is 17.0 Å². The highest BCUT2D eigenvalue weighted by molar-refractivity contribution is 5.68. The molecule has 0 saturated carbocycles. The van der Waals surface area contributed by atoms with Crippen LogP contribution in [0.5, 0.6) is 0 Å². The first kappa shape index (κ1) is 12.3. The van der Waals surface area contributed by atoms with Crippen LogP contribution in [0.1, 0.15) is 27.2 Å². The predicted octanol–water partition coefficient (Wildman–Crippen LogP) is 0.801. The summed E-state index contributed by atoms with van der Waals surface area (Å²) >= 11 is 0. The van der Waals surface area contributed by atoms with Gasteiger partial charge in [0.05, 0.1) is 6.04 Å². The van der Waals surface area contributed by atoms with Crippen molar-refractivity contribution in [1.82, 2.24) is 9.91 Å². The summed E-state index contributed by atoms with van der Waals surface area (Å²) in [6.07, 6.45) is 0.634. The van der Waals surface area contributed by atoms with E-state index in [-0.39, 0.29) is 12.1 Å². The first-order valence-corrected chi connectivity index (χ1v) is 5.25. The maximum absolute atomic E-state index is 11.7. The minimum Gasteiger partial charge on any atom is -0.444 e. The van der Waals surface area contributed by atoms with E-state index in [1.807, 2.05) is 20.8 Å². The van der Waals surface area contributed by atoms with Crippen LogP contribution in [0.2, 0.25) is 0 Å². The van der Waals surface area contributed by atoms with Gasteiger partial charge in [-0.3, -0.25) is 5.84 Å². The Morgan fingerprint density at radius 2 is 2.13 bits per heavy atom. The van der Waals surface area contributed by atoms with E-state index in [1.165, 1.54) is 0 Å². The minimum atomic E-state index is -0.438. The standard InChI is InChI=1S/C10H21N3O2/c1-10(2,3)15-9(14)12(4)8-5-6-13(11)7-8/h8H,5-7,11H2,1-4H3. The van der Waals surface area contributed by atoms with E-state index in [0.717, 1.165) is 19.5 Å². The van der Waals surface area contributed by atoms with Gasteiger partial charge in [0, 0.05) is 20.1 Å². The quantitative estimate of drug-likeness (QED) is 0.657. The number of carbonyl (C=O) groups is 1. The van der Waals surface area contributed by atoms with Crippen molar-refractivity contribution in [2.24, 2.45) is 5.84 Å². The van der Waals surface area contributed by atoms with Gasteiger partial charge in [-0.2, -0.15) is 0 Å². The van der Waals surface area contributed by atoms with Crippen LogP contribution < -0.4 is 5.84 Å². The predicted molar refractivity (Wildman–Crippen MR) is 58.2 cm³/mol. The fourth-order valence-corrected chi connectivity index (χ4v) is 1.57. The zero-order valence-electron chi connectivity index (χ0n) is 9.99. The molecule has 88 valence electrons. The first-order chi connectivity index (χ1) is 6.79. The summed E-state index contributed by atoms with van der Waals surface area (Å²) in [4.78, 5) is 13.3.